The van der Waals surface area contributed by atoms with Gasteiger partial charge in [-0.05, 0) is 34.8 Å². The molecule has 0 aliphatic heterocycles. The van der Waals surface area contributed by atoms with Gasteiger partial charge in [0.2, 0.25) is 0 Å². The van der Waals surface area contributed by atoms with Crippen molar-refractivity contribution in [2.45, 2.75) is 31.7 Å². The molecule has 0 bridgehead atoms. The van der Waals surface area contributed by atoms with Gasteiger partial charge >= 0.3 is 0 Å². The Hall–Kier alpha value is -0.0600. The first-order valence-electron chi connectivity index (χ1n) is 5.83. The second kappa shape index (κ2) is 6.21. The SMILES string of the molecule is O=C(c1csc(Br)c1)N(CCCl)C1CCCC1. The van der Waals surface area contributed by atoms with E-state index in [1.54, 1.807) is 11.3 Å². The second-order valence-electron chi connectivity index (χ2n) is 4.27. The molecule has 1 fully saturated rings. The molecule has 94 valence electrons. The fourth-order valence-corrected chi connectivity index (χ4v) is 3.66. The fraction of sp³-hybridized carbons (Fsp3) is 0.583. The highest BCUT2D eigenvalue weighted by Gasteiger charge is 2.27. The highest BCUT2D eigenvalue weighted by atomic mass is 79.9. The Morgan fingerprint density at radius 2 is 2.24 bits per heavy atom. The number of carbonyl (C=O) groups is 1. The van der Waals surface area contributed by atoms with E-state index in [0.29, 0.717) is 18.5 Å². The topological polar surface area (TPSA) is 20.3 Å². The molecule has 0 saturated heterocycles. The van der Waals surface area contributed by atoms with E-state index in [1.165, 1.54) is 12.8 Å². The van der Waals surface area contributed by atoms with Crippen molar-refractivity contribution in [3.8, 4) is 0 Å². The van der Waals surface area contributed by atoms with Crippen LogP contribution in [0.5, 0.6) is 0 Å². The molecule has 0 spiro atoms. The summed E-state index contributed by atoms with van der Waals surface area (Å²) in [6.07, 6.45) is 4.69. The maximum absolute atomic E-state index is 12.4. The van der Waals surface area contributed by atoms with Crippen LogP contribution >= 0.6 is 38.9 Å². The molecule has 0 N–H and O–H groups in total. The Labute approximate surface area is 119 Å². The number of halogens is 2. The van der Waals surface area contributed by atoms with Gasteiger partial charge in [-0.1, -0.05) is 12.8 Å². The number of amides is 1. The van der Waals surface area contributed by atoms with Crippen LogP contribution in [0.1, 0.15) is 36.0 Å². The zero-order valence-electron chi connectivity index (χ0n) is 9.49. The van der Waals surface area contributed by atoms with Crippen molar-refractivity contribution >= 4 is 44.8 Å². The van der Waals surface area contributed by atoms with Gasteiger partial charge in [-0.15, -0.1) is 22.9 Å². The number of alkyl halides is 1. The summed E-state index contributed by atoms with van der Waals surface area (Å²) >= 11 is 10.8. The lowest BCUT2D eigenvalue weighted by atomic mass is 10.2. The highest BCUT2D eigenvalue weighted by molar-refractivity contribution is 9.11. The van der Waals surface area contributed by atoms with Crippen LogP contribution in [0.25, 0.3) is 0 Å². The van der Waals surface area contributed by atoms with Gasteiger partial charge < -0.3 is 4.90 Å². The normalized spacial score (nSPS) is 16.4. The summed E-state index contributed by atoms with van der Waals surface area (Å²) in [6, 6.07) is 2.28. The van der Waals surface area contributed by atoms with E-state index in [-0.39, 0.29) is 5.91 Å². The number of hydrogen-bond donors (Lipinski definition) is 0. The minimum absolute atomic E-state index is 0.125. The van der Waals surface area contributed by atoms with Crippen LogP contribution in [0.2, 0.25) is 0 Å². The standard InChI is InChI=1S/C12H15BrClNOS/c13-11-7-9(8-17-11)12(16)15(6-5-14)10-3-1-2-4-10/h7-8,10H,1-6H2. The molecule has 1 aliphatic carbocycles. The number of carbonyl (C=O) groups excluding carboxylic acids is 1. The van der Waals surface area contributed by atoms with E-state index in [2.05, 4.69) is 15.9 Å². The molecule has 2 rings (SSSR count). The fourth-order valence-electron chi connectivity index (χ4n) is 2.34. The summed E-state index contributed by atoms with van der Waals surface area (Å²) in [7, 11) is 0. The summed E-state index contributed by atoms with van der Waals surface area (Å²) in [5.74, 6) is 0.632. The maximum atomic E-state index is 12.4. The van der Waals surface area contributed by atoms with E-state index < -0.39 is 0 Å². The van der Waals surface area contributed by atoms with Crippen molar-refractivity contribution in [2.75, 3.05) is 12.4 Å². The molecule has 2 nitrogen and oxygen atoms in total. The first-order chi connectivity index (χ1) is 8.22. The first-order valence-corrected chi connectivity index (χ1v) is 8.04. The van der Waals surface area contributed by atoms with Crippen LogP contribution in [-0.4, -0.2) is 29.3 Å². The van der Waals surface area contributed by atoms with Crippen LogP contribution in [0.15, 0.2) is 15.2 Å². The predicted molar refractivity (Wildman–Crippen MR) is 76.0 cm³/mol. The Kier molecular flexibility index (Phi) is 4.88. The van der Waals surface area contributed by atoms with Gasteiger partial charge in [0.05, 0.1) is 9.35 Å². The molecule has 5 heteroatoms. The summed E-state index contributed by atoms with van der Waals surface area (Å²) < 4.78 is 0.998. The molecule has 1 heterocycles. The number of rotatable bonds is 4. The molecule has 17 heavy (non-hydrogen) atoms. The van der Waals surface area contributed by atoms with Crippen molar-refractivity contribution in [2.24, 2.45) is 0 Å². The van der Waals surface area contributed by atoms with Crippen LogP contribution in [0.3, 0.4) is 0 Å². The quantitative estimate of drug-likeness (QED) is 0.757. The molecule has 0 atom stereocenters. The molecular formula is C12H15BrClNOS. The highest BCUT2D eigenvalue weighted by Crippen LogP contribution is 2.27. The van der Waals surface area contributed by atoms with E-state index >= 15 is 0 Å². The van der Waals surface area contributed by atoms with Gasteiger partial charge in [-0.2, -0.15) is 0 Å². The second-order valence-corrected chi connectivity index (χ2v) is 6.93. The average molecular weight is 337 g/mol. The van der Waals surface area contributed by atoms with Crippen molar-refractivity contribution in [3.05, 3.63) is 20.8 Å². The van der Waals surface area contributed by atoms with Gasteiger partial charge in [0.25, 0.3) is 5.91 Å². The summed E-state index contributed by atoms with van der Waals surface area (Å²) in [5, 5.41) is 1.91. The number of nitrogens with zero attached hydrogens (tertiary/aromatic N) is 1. The van der Waals surface area contributed by atoms with Gasteiger partial charge in [0.15, 0.2) is 0 Å². The van der Waals surface area contributed by atoms with Crippen LogP contribution < -0.4 is 0 Å². The van der Waals surface area contributed by atoms with E-state index in [9.17, 15) is 4.79 Å². The molecule has 1 aliphatic rings. The summed E-state index contributed by atoms with van der Waals surface area (Å²) in [4.78, 5) is 14.3. The smallest absolute Gasteiger partial charge is 0.255 e. The molecular weight excluding hydrogens is 322 g/mol. The zero-order valence-corrected chi connectivity index (χ0v) is 12.7. The average Bonchev–Trinajstić information content (AvgIpc) is 2.95. The minimum atomic E-state index is 0.125. The van der Waals surface area contributed by atoms with Crippen molar-refractivity contribution in [1.29, 1.82) is 0 Å². The molecule has 1 saturated carbocycles. The Morgan fingerprint density at radius 1 is 1.53 bits per heavy atom. The molecule has 0 radical (unpaired) electrons. The largest absolute Gasteiger partial charge is 0.334 e. The van der Waals surface area contributed by atoms with Crippen molar-refractivity contribution < 1.29 is 4.79 Å². The zero-order chi connectivity index (χ0) is 12.3. The lowest BCUT2D eigenvalue weighted by Gasteiger charge is -2.28. The van der Waals surface area contributed by atoms with E-state index in [4.69, 9.17) is 11.6 Å². The van der Waals surface area contributed by atoms with Crippen molar-refractivity contribution in [1.82, 2.24) is 4.90 Å². The van der Waals surface area contributed by atoms with Gasteiger partial charge in [0.1, 0.15) is 0 Å². The lowest BCUT2D eigenvalue weighted by Crippen LogP contribution is -2.40. The molecule has 0 aromatic carbocycles. The van der Waals surface area contributed by atoms with Gasteiger partial charge in [-0.25, -0.2) is 0 Å². The van der Waals surface area contributed by atoms with E-state index in [1.807, 2.05) is 16.3 Å². The third-order valence-electron chi connectivity index (χ3n) is 3.17. The Morgan fingerprint density at radius 3 is 2.76 bits per heavy atom. The van der Waals surface area contributed by atoms with Gasteiger partial charge in [-0.3, -0.25) is 4.79 Å². The Bertz CT molecular complexity index is 390. The predicted octanol–water partition coefficient (Wildman–Crippen LogP) is 4.13. The third kappa shape index (κ3) is 3.24. The van der Waals surface area contributed by atoms with Crippen LogP contribution in [-0.2, 0) is 0 Å². The number of thiophene rings is 1. The van der Waals surface area contributed by atoms with Gasteiger partial charge in [0, 0.05) is 23.8 Å². The number of hydrogen-bond acceptors (Lipinski definition) is 2. The van der Waals surface area contributed by atoms with E-state index in [0.717, 1.165) is 22.2 Å². The molecule has 1 aromatic rings. The first kappa shape index (κ1) is 13.4. The van der Waals surface area contributed by atoms with Crippen LogP contribution in [0.4, 0.5) is 0 Å². The lowest BCUT2D eigenvalue weighted by molar-refractivity contribution is 0.0695. The Balaban J connectivity index is 2.12. The molecule has 1 amide bonds. The summed E-state index contributed by atoms with van der Waals surface area (Å²) in [6.45, 7) is 0.651. The van der Waals surface area contributed by atoms with Crippen LogP contribution in [0, 0.1) is 0 Å². The monoisotopic (exact) mass is 335 g/mol. The third-order valence-corrected chi connectivity index (χ3v) is 4.84. The van der Waals surface area contributed by atoms with Crippen molar-refractivity contribution in [3.63, 3.8) is 0 Å². The minimum Gasteiger partial charge on any atom is -0.334 e. The maximum Gasteiger partial charge on any atom is 0.255 e. The summed E-state index contributed by atoms with van der Waals surface area (Å²) in [5.41, 5.74) is 0.777. The molecule has 1 aromatic heterocycles. The molecule has 0 unspecified atom stereocenters.